The van der Waals surface area contributed by atoms with Gasteiger partial charge < -0.3 is 88.3 Å². The average Bonchev–Trinajstić information content (AvgIpc) is 3.28. The Balaban J connectivity index is 1.51. The van der Waals surface area contributed by atoms with Crippen LogP contribution in [-0.2, 0) is 23.7 Å². The Labute approximate surface area is 250 Å². The minimum absolute atomic E-state index is 0.0221. The normalized spacial score (nSPS) is 50.1. The molecule has 3 heterocycles. The van der Waals surface area contributed by atoms with Gasteiger partial charge in [0.2, 0.25) is 0 Å². The number of hydrogen-bond acceptors (Lipinski definition) is 17. The summed E-state index contributed by atoms with van der Waals surface area (Å²) in [6, 6.07) is -3.04. The lowest BCUT2D eigenvalue weighted by molar-refractivity contribution is -0.280. The average molecular weight is 625 g/mol. The summed E-state index contributed by atoms with van der Waals surface area (Å²) in [7, 11) is 0. The molecule has 17 nitrogen and oxygen atoms in total. The van der Waals surface area contributed by atoms with Crippen molar-refractivity contribution in [3.05, 3.63) is 0 Å². The molecule has 1 aliphatic carbocycles. The number of nitrogens with one attached hydrogen (secondary N) is 1. The van der Waals surface area contributed by atoms with Gasteiger partial charge in [-0.1, -0.05) is 0 Å². The molecule has 252 valence electrons. The molecule has 0 spiro atoms. The Bertz CT molecular complexity index is 868. The first-order valence-electron chi connectivity index (χ1n) is 15.1. The van der Waals surface area contributed by atoms with Gasteiger partial charge >= 0.3 is 0 Å². The highest BCUT2D eigenvalue weighted by Crippen LogP contribution is 2.38. The van der Waals surface area contributed by atoms with Gasteiger partial charge in [0.05, 0.1) is 43.7 Å². The summed E-state index contributed by atoms with van der Waals surface area (Å²) in [5.74, 6) is -0.641. The fraction of sp³-hybridized carbons (Fsp3) is 1.00. The minimum Gasteiger partial charge on any atom is -0.395 e. The molecule has 17 heteroatoms. The second kappa shape index (κ2) is 15.3. The summed E-state index contributed by atoms with van der Waals surface area (Å²) in [4.78, 5) is 0. The monoisotopic (exact) mass is 624 g/mol. The van der Waals surface area contributed by atoms with E-state index in [4.69, 9.17) is 52.4 Å². The van der Waals surface area contributed by atoms with Crippen molar-refractivity contribution in [3.63, 3.8) is 0 Å². The maximum Gasteiger partial charge on any atom is 0.187 e. The summed E-state index contributed by atoms with van der Waals surface area (Å²) < 4.78 is 30.0. The molecule has 0 radical (unpaired) electrons. The lowest BCUT2D eigenvalue weighted by atomic mass is 9.72. The van der Waals surface area contributed by atoms with Gasteiger partial charge in [-0.3, -0.25) is 0 Å². The van der Waals surface area contributed by atoms with Crippen LogP contribution in [0.1, 0.15) is 26.2 Å². The van der Waals surface area contributed by atoms with Gasteiger partial charge in [-0.2, -0.15) is 0 Å². The van der Waals surface area contributed by atoms with Crippen molar-refractivity contribution in [1.29, 1.82) is 0 Å². The molecule has 0 aromatic heterocycles. The Morgan fingerprint density at radius 2 is 1.47 bits per heavy atom. The predicted octanol–water partition coefficient (Wildman–Crippen LogP) is -6.55. The third-order valence-corrected chi connectivity index (χ3v) is 9.28. The van der Waals surface area contributed by atoms with E-state index in [9.17, 15) is 30.6 Å². The van der Waals surface area contributed by atoms with Gasteiger partial charge in [-0.05, 0) is 26.2 Å². The van der Waals surface area contributed by atoms with Crippen LogP contribution < -0.4 is 34.0 Å². The zero-order valence-electron chi connectivity index (χ0n) is 24.5. The van der Waals surface area contributed by atoms with Crippen LogP contribution in [-0.4, -0.2) is 161 Å². The first-order valence-corrected chi connectivity index (χ1v) is 15.1. The van der Waals surface area contributed by atoms with Crippen LogP contribution in [0, 0.1) is 5.92 Å². The Morgan fingerprint density at radius 1 is 0.791 bits per heavy atom. The van der Waals surface area contributed by atoms with E-state index in [1.165, 1.54) is 0 Å². The van der Waals surface area contributed by atoms with Crippen LogP contribution in [0.15, 0.2) is 0 Å². The van der Waals surface area contributed by atoms with Crippen LogP contribution in [0.3, 0.4) is 0 Å². The molecule has 18 atom stereocenters. The van der Waals surface area contributed by atoms with Gasteiger partial charge in [-0.25, -0.2) is 0 Å². The number of hydrogen-bond donors (Lipinski definition) is 12. The smallest absolute Gasteiger partial charge is 0.187 e. The van der Waals surface area contributed by atoms with E-state index in [1.54, 1.807) is 0 Å². The van der Waals surface area contributed by atoms with Gasteiger partial charge in [0.1, 0.15) is 36.6 Å². The molecule has 0 bridgehead atoms. The molecule has 3 aliphatic heterocycles. The van der Waals surface area contributed by atoms with Crippen LogP contribution in [0.2, 0.25) is 0 Å². The van der Waals surface area contributed by atoms with Crippen molar-refractivity contribution in [1.82, 2.24) is 5.32 Å². The van der Waals surface area contributed by atoms with E-state index >= 15 is 0 Å². The largest absolute Gasteiger partial charge is 0.395 e. The van der Waals surface area contributed by atoms with E-state index in [-0.39, 0.29) is 31.7 Å². The fourth-order valence-electron chi connectivity index (χ4n) is 6.70. The lowest BCUT2D eigenvalue weighted by Crippen LogP contribution is -2.67. The lowest BCUT2D eigenvalue weighted by Gasteiger charge is -2.50. The molecule has 4 aliphatic rings. The molecule has 17 N–H and O–H groups in total. The summed E-state index contributed by atoms with van der Waals surface area (Å²) in [6.45, 7) is 1.61. The Hall–Kier alpha value is -0.680. The number of nitrogens with two attached hydrogens (primary N) is 5. The third-order valence-electron chi connectivity index (χ3n) is 9.28. The molecule has 0 aromatic carbocycles. The van der Waals surface area contributed by atoms with Crippen molar-refractivity contribution in [3.8, 4) is 0 Å². The summed E-state index contributed by atoms with van der Waals surface area (Å²) in [5, 5.41) is 65.4. The SMILES string of the molecule is C[C@H](NCCO)[C@@H]1CC[C@@H](N)C([C@H]2[C@H](O[C@@H]3O[C@H](CO)[C@@H](O[C@H]4O[C@@H](CN)[C@@H](O)[C@H](O)[C@H]4N)[C@H]3O)[C@@H](O)[C@H](N)C[C@@H]2N)O1. The number of aliphatic hydroxyl groups excluding tert-OH is 6. The highest BCUT2D eigenvalue weighted by atomic mass is 16.7. The highest BCUT2D eigenvalue weighted by molar-refractivity contribution is 5.05. The molecular formula is C26H52N6O11. The molecule has 0 aromatic rings. The first kappa shape index (κ1) is 35.2. The van der Waals surface area contributed by atoms with Gasteiger partial charge in [0.25, 0.3) is 0 Å². The fourth-order valence-corrected chi connectivity index (χ4v) is 6.70. The quantitative estimate of drug-likeness (QED) is 0.102. The Morgan fingerprint density at radius 3 is 2.12 bits per heavy atom. The second-order valence-electron chi connectivity index (χ2n) is 12.2. The molecule has 4 fully saturated rings. The van der Waals surface area contributed by atoms with E-state index in [2.05, 4.69) is 5.32 Å². The van der Waals surface area contributed by atoms with Gasteiger partial charge in [-0.15, -0.1) is 0 Å². The molecule has 4 rings (SSSR count). The summed E-state index contributed by atoms with van der Waals surface area (Å²) in [6.07, 6.45) is -11.9. The van der Waals surface area contributed by atoms with Crippen LogP contribution in [0.5, 0.6) is 0 Å². The summed E-state index contributed by atoms with van der Waals surface area (Å²) >= 11 is 0. The number of aliphatic hydroxyl groups is 6. The minimum atomic E-state index is -1.51. The molecule has 1 saturated carbocycles. The van der Waals surface area contributed by atoms with E-state index in [0.717, 1.165) is 0 Å². The topological polar surface area (TPSA) is 310 Å². The van der Waals surface area contributed by atoms with Gasteiger partial charge in [0.15, 0.2) is 12.6 Å². The summed E-state index contributed by atoms with van der Waals surface area (Å²) in [5.41, 5.74) is 31.0. The van der Waals surface area contributed by atoms with Crippen molar-refractivity contribution >= 4 is 0 Å². The zero-order chi connectivity index (χ0) is 31.6. The van der Waals surface area contributed by atoms with E-state index in [0.29, 0.717) is 19.4 Å². The maximum absolute atomic E-state index is 11.3. The van der Waals surface area contributed by atoms with E-state index < -0.39 is 104 Å². The maximum atomic E-state index is 11.3. The van der Waals surface area contributed by atoms with Crippen molar-refractivity contribution in [2.24, 2.45) is 34.6 Å². The standard InChI is InChI=1S/C26H52N6O11/c1-9(32-4-5-33)13-3-2-10(28)22(39-13)16-11(29)6-12(30)18(35)24(16)43-26-21(38)23(15(8-34)41-26)42-25-17(31)20(37)19(36)14(7-27)40-25/h9-26,32-38H,2-8,27-31H2,1H3/t9-,10+,11-,12+,13-,14-,15+,16-,17+,18-,19+,20+,21+,22?,23+,24-,25+,26-/m0/s1. The van der Waals surface area contributed by atoms with Crippen molar-refractivity contribution in [2.75, 3.05) is 26.3 Å². The second-order valence-corrected chi connectivity index (χ2v) is 12.2. The molecule has 0 amide bonds. The number of ether oxygens (including phenoxy) is 5. The molecule has 1 unspecified atom stereocenters. The molecule has 43 heavy (non-hydrogen) atoms. The Kier molecular flexibility index (Phi) is 12.5. The van der Waals surface area contributed by atoms with E-state index in [1.807, 2.05) is 6.92 Å². The van der Waals surface area contributed by atoms with Crippen molar-refractivity contribution in [2.45, 2.75) is 130 Å². The van der Waals surface area contributed by atoms with Gasteiger partial charge in [0, 0.05) is 43.2 Å². The highest BCUT2D eigenvalue weighted by Gasteiger charge is 2.55. The number of rotatable bonds is 11. The van der Waals surface area contributed by atoms with Crippen LogP contribution in [0.4, 0.5) is 0 Å². The van der Waals surface area contributed by atoms with Crippen molar-refractivity contribution < 1.29 is 54.3 Å². The van der Waals surface area contributed by atoms with Crippen LogP contribution in [0.25, 0.3) is 0 Å². The zero-order valence-corrected chi connectivity index (χ0v) is 24.5. The first-order chi connectivity index (χ1) is 20.4. The molecular weight excluding hydrogens is 572 g/mol. The molecule has 3 saturated heterocycles. The predicted molar refractivity (Wildman–Crippen MR) is 150 cm³/mol. The van der Waals surface area contributed by atoms with Crippen LogP contribution >= 0.6 is 0 Å². The third kappa shape index (κ3) is 7.50.